The van der Waals surface area contributed by atoms with Crippen molar-refractivity contribution in [1.29, 1.82) is 0 Å². The van der Waals surface area contributed by atoms with Crippen LogP contribution >= 0.6 is 0 Å². The maximum atomic E-state index is 12.3. The van der Waals surface area contributed by atoms with E-state index >= 15 is 0 Å². The summed E-state index contributed by atoms with van der Waals surface area (Å²) < 4.78 is 37.0. The van der Waals surface area contributed by atoms with Crippen LogP contribution in [-0.4, -0.2) is 20.2 Å². The topological polar surface area (TPSA) is 54.5 Å². The molecule has 7 heteroatoms. The molecule has 0 atom stereocenters. The number of halogens is 3. The van der Waals surface area contributed by atoms with Crippen LogP contribution in [0, 0.1) is 13.8 Å². The fraction of sp³-hybridized carbons (Fsp3) is 0.375. The number of alkyl halides is 3. The Morgan fingerprint density at radius 1 is 1.13 bits per heavy atom. The first-order valence-corrected chi connectivity index (χ1v) is 4.16. The smallest absolute Gasteiger partial charge is 0.280 e. The summed E-state index contributed by atoms with van der Waals surface area (Å²) in [7, 11) is 0. The summed E-state index contributed by atoms with van der Waals surface area (Å²) >= 11 is 0. The van der Waals surface area contributed by atoms with Gasteiger partial charge in [-0.05, 0) is 13.8 Å². The van der Waals surface area contributed by atoms with Gasteiger partial charge in [0.15, 0.2) is 5.65 Å². The molecule has 2 aromatic heterocycles. The molecule has 0 aromatic carbocycles. The van der Waals surface area contributed by atoms with Gasteiger partial charge < -0.3 is 0 Å². The van der Waals surface area contributed by atoms with E-state index in [9.17, 15) is 13.2 Å². The van der Waals surface area contributed by atoms with Gasteiger partial charge in [0, 0.05) is 5.69 Å². The molecule has 0 fully saturated rings. The lowest BCUT2D eigenvalue weighted by atomic mass is 10.2. The van der Waals surface area contributed by atoms with E-state index in [0.717, 1.165) is 0 Å². The second kappa shape index (κ2) is 2.91. The lowest BCUT2D eigenvalue weighted by Crippen LogP contribution is -2.11. The summed E-state index contributed by atoms with van der Waals surface area (Å²) in [6.07, 6.45) is -4.54. The van der Waals surface area contributed by atoms with E-state index < -0.39 is 12.0 Å². The van der Waals surface area contributed by atoms with Gasteiger partial charge in [0.05, 0.1) is 11.1 Å². The summed E-state index contributed by atoms with van der Waals surface area (Å²) in [6.45, 7) is 3.21. The Kier molecular flexibility index (Phi) is 1.92. The van der Waals surface area contributed by atoms with Crippen molar-refractivity contribution < 1.29 is 13.2 Å². The van der Waals surface area contributed by atoms with Gasteiger partial charge >= 0.3 is 6.18 Å². The molecule has 2 heterocycles. The molecular weight excluding hydrogens is 209 g/mol. The highest BCUT2D eigenvalue weighted by atomic mass is 19.4. The van der Waals surface area contributed by atoms with Crippen LogP contribution in [0.2, 0.25) is 0 Å². The minimum atomic E-state index is -4.54. The molecule has 4 nitrogen and oxygen atoms in total. The van der Waals surface area contributed by atoms with Gasteiger partial charge in [0.25, 0.3) is 0 Å². The first-order valence-electron chi connectivity index (χ1n) is 4.16. The van der Waals surface area contributed by atoms with Crippen molar-refractivity contribution in [2.45, 2.75) is 20.0 Å². The lowest BCUT2D eigenvalue weighted by molar-refractivity contribution is -0.144. The maximum Gasteiger partial charge on any atom is 0.451 e. The minimum absolute atomic E-state index is 0.0484. The molecular formula is C8H7F3N4. The zero-order valence-electron chi connectivity index (χ0n) is 7.98. The summed E-state index contributed by atoms with van der Waals surface area (Å²) in [5.74, 6) is -1.15. The van der Waals surface area contributed by atoms with Gasteiger partial charge in [0.2, 0.25) is 5.82 Å². The van der Waals surface area contributed by atoms with E-state index in [1.54, 1.807) is 6.92 Å². The number of aromatic nitrogens is 4. The van der Waals surface area contributed by atoms with Crippen LogP contribution in [0.15, 0.2) is 0 Å². The zero-order chi connectivity index (χ0) is 11.2. The molecule has 0 amide bonds. The zero-order valence-corrected chi connectivity index (χ0v) is 7.98. The largest absolute Gasteiger partial charge is 0.451 e. The number of nitrogens with one attached hydrogen (secondary N) is 1. The maximum absolute atomic E-state index is 12.3. The Balaban J connectivity index is 2.74. The van der Waals surface area contributed by atoms with Crippen molar-refractivity contribution in [3.63, 3.8) is 0 Å². The van der Waals surface area contributed by atoms with Gasteiger partial charge in [-0.3, -0.25) is 5.10 Å². The Morgan fingerprint density at radius 3 is 2.40 bits per heavy atom. The standard InChI is InChI=1S/C8H7F3N4/c1-3-5-4(2)14-15-6(5)13-7(12-3)8(9,10)11/h1-2H3,(H,12,13,14,15). The van der Waals surface area contributed by atoms with E-state index in [2.05, 4.69) is 20.2 Å². The van der Waals surface area contributed by atoms with Gasteiger partial charge in [-0.1, -0.05) is 0 Å². The molecule has 0 aliphatic rings. The molecule has 0 aliphatic carbocycles. The predicted molar refractivity (Wildman–Crippen MR) is 46.2 cm³/mol. The highest BCUT2D eigenvalue weighted by molar-refractivity contribution is 5.79. The van der Waals surface area contributed by atoms with E-state index in [-0.39, 0.29) is 11.3 Å². The second-order valence-electron chi connectivity index (χ2n) is 3.18. The normalized spacial score (nSPS) is 12.3. The van der Waals surface area contributed by atoms with Crippen molar-refractivity contribution in [2.75, 3.05) is 0 Å². The highest BCUT2D eigenvalue weighted by Gasteiger charge is 2.35. The Morgan fingerprint density at radius 2 is 1.80 bits per heavy atom. The molecule has 0 saturated carbocycles. The van der Waals surface area contributed by atoms with Crippen molar-refractivity contribution in [3.05, 3.63) is 17.2 Å². The molecule has 0 spiro atoms. The van der Waals surface area contributed by atoms with Crippen molar-refractivity contribution in [3.8, 4) is 0 Å². The number of hydrogen-bond acceptors (Lipinski definition) is 3. The van der Waals surface area contributed by atoms with E-state index in [0.29, 0.717) is 11.1 Å². The molecule has 15 heavy (non-hydrogen) atoms. The number of rotatable bonds is 0. The number of fused-ring (bicyclic) bond motifs is 1. The molecule has 2 rings (SSSR count). The summed E-state index contributed by atoms with van der Waals surface area (Å²) in [6, 6.07) is 0. The third kappa shape index (κ3) is 1.53. The van der Waals surface area contributed by atoms with Gasteiger partial charge in [-0.15, -0.1) is 0 Å². The fourth-order valence-electron chi connectivity index (χ4n) is 1.40. The average molecular weight is 216 g/mol. The molecule has 0 bridgehead atoms. The molecule has 1 N–H and O–H groups in total. The average Bonchev–Trinajstić information content (AvgIpc) is 2.46. The molecule has 0 saturated heterocycles. The minimum Gasteiger partial charge on any atom is -0.280 e. The third-order valence-corrected chi connectivity index (χ3v) is 2.03. The number of aryl methyl sites for hydroxylation is 2. The summed E-state index contributed by atoms with van der Waals surface area (Å²) in [4.78, 5) is 6.76. The second-order valence-corrected chi connectivity index (χ2v) is 3.18. The van der Waals surface area contributed by atoms with Crippen LogP contribution in [0.4, 0.5) is 13.2 Å². The molecule has 80 valence electrons. The first-order chi connectivity index (χ1) is 6.89. The lowest BCUT2D eigenvalue weighted by Gasteiger charge is -2.05. The van der Waals surface area contributed by atoms with Crippen LogP contribution in [0.3, 0.4) is 0 Å². The first kappa shape index (κ1) is 9.88. The molecule has 0 unspecified atom stereocenters. The molecule has 0 aliphatic heterocycles. The van der Waals surface area contributed by atoms with Crippen molar-refractivity contribution in [2.24, 2.45) is 0 Å². The van der Waals surface area contributed by atoms with Gasteiger partial charge in [-0.25, -0.2) is 9.97 Å². The summed E-state index contributed by atoms with van der Waals surface area (Å²) in [5, 5.41) is 6.80. The van der Waals surface area contributed by atoms with E-state index in [4.69, 9.17) is 0 Å². The summed E-state index contributed by atoms with van der Waals surface area (Å²) in [5.41, 5.74) is 0.988. The number of aromatic amines is 1. The highest BCUT2D eigenvalue weighted by Crippen LogP contribution is 2.28. The number of H-pyrrole nitrogens is 1. The van der Waals surface area contributed by atoms with E-state index in [1.807, 2.05) is 0 Å². The molecule has 0 radical (unpaired) electrons. The van der Waals surface area contributed by atoms with Crippen LogP contribution in [-0.2, 0) is 6.18 Å². The molecule has 2 aromatic rings. The number of nitrogens with zero attached hydrogens (tertiary/aromatic N) is 3. The van der Waals surface area contributed by atoms with Crippen molar-refractivity contribution in [1.82, 2.24) is 20.2 Å². The quantitative estimate of drug-likeness (QED) is 0.732. The Labute approximate surface area is 82.5 Å². The third-order valence-electron chi connectivity index (χ3n) is 2.03. The van der Waals surface area contributed by atoms with Crippen LogP contribution in [0.1, 0.15) is 17.2 Å². The van der Waals surface area contributed by atoms with Crippen LogP contribution in [0.5, 0.6) is 0 Å². The fourth-order valence-corrected chi connectivity index (χ4v) is 1.40. The van der Waals surface area contributed by atoms with Gasteiger partial charge in [-0.2, -0.15) is 18.3 Å². The van der Waals surface area contributed by atoms with E-state index in [1.165, 1.54) is 6.92 Å². The van der Waals surface area contributed by atoms with Crippen LogP contribution in [0.25, 0.3) is 11.0 Å². The number of hydrogen-bond donors (Lipinski definition) is 1. The van der Waals surface area contributed by atoms with Crippen LogP contribution < -0.4 is 0 Å². The monoisotopic (exact) mass is 216 g/mol. The van der Waals surface area contributed by atoms with Gasteiger partial charge in [0.1, 0.15) is 0 Å². The predicted octanol–water partition coefficient (Wildman–Crippen LogP) is 1.99. The Bertz CT molecular complexity index is 514. The Hall–Kier alpha value is -1.66. The SMILES string of the molecule is Cc1nc(C(F)(F)F)nc2n[nH]c(C)c12. The van der Waals surface area contributed by atoms with Crippen molar-refractivity contribution >= 4 is 11.0 Å².